The fourth-order valence-corrected chi connectivity index (χ4v) is 3.09. The SMILES string of the molecule is COc1ccc(CNC(=O)C2CCN(C(=O)c3ccc(F)cc3)CC2)cn1. The molecule has 7 heteroatoms. The number of aromatic nitrogens is 1. The zero-order chi connectivity index (χ0) is 19.2. The molecule has 2 amide bonds. The van der Waals surface area contributed by atoms with E-state index < -0.39 is 0 Å². The lowest BCUT2D eigenvalue weighted by Gasteiger charge is -2.31. The lowest BCUT2D eigenvalue weighted by Crippen LogP contribution is -2.42. The van der Waals surface area contributed by atoms with Crippen molar-refractivity contribution in [3.05, 3.63) is 59.5 Å². The Morgan fingerprint density at radius 1 is 1.19 bits per heavy atom. The highest BCUT2D eigenvalue weighted by Gasteiger charge is 2.27. The summed E-state index contributed by atoms with van der Waals surface area (Å²) >= 11 is 0. The van der Waals surface area contributed by atoms with Gasteiger partial charge in [-0.2, -0.15) is 0 Å². The number of carbonyl (C=O) groups is 2. The van der Waals surface area contributed by atoms with Crippen LogP contribution in [0.2, 0.25) is 0 Å². The largest absolute Gasteiger partial charge is 0.481 e. The van der Waals surface area contributed by atoms with Crippen molar-refractivity contribution >= 4 is 11.8 Å². The Hall–Kier alpha value is -2.96. The molecule has 1 aromatic carbocycles. The molecule has 3 rings (SSSR count). The van der Waals surface area contributed by atoms with Gasteiger partial charge in [0.25, 0.3) is 5.91 Å². The molecule has 0 atom stereocenters. The highest BCUT2D eigenvalue weighted by atomic mass is 19.1. The molecule has 1 aliphatic rings. The summed E-state index contributed by atoms with van der Waals surface area (Å²) in [5, 5.41) is 2.92. The molecular formula is C20H22FN3O3. The number of amides is 2. The van der Waals surface area contributed by atoms with Gasteiger partial charge in [0.1, 0.15) is 5.82 Å². The number of ether oxygens (including phenoxy) is 1. The first-order valence-electron chi connectivity index (χ1n) is 8.88. The smallest absolute Gasteiger partial charge is 0.253 e. The summed E-state index contributed by atoms with van der Waals surface area (Å²) in [6, 6.07) is 9.14. The van der Waals surface area contributed by atoms with Crippen LogP contribution >= 0.6 is 0 Å². The summed E-state index contributed by atoms with van der Waals surface area (Å²) in [4.78, 5) is 30.6. The van der Waals surface area contributed by atoms with Gasteiger partial charge >= 0.3 is 0 Å². The zero-order valence-electron chi connectivity index (χ0n) is 15.2. The Balaban J connectivity index is 1.47. The molecule has 2 heterocycles. The molecule has 0 aliphatic carbocycles. The van der Waals surface area contributed by atoms with Crippen LogP contribution in [0.5, 0.6) is 5.88 Å². The molecule has 6 nitrogen and oxygen atoms in total. The van der Waals surface area contributed by atoms with Gasteiger partial charge in [-0.25, -0.2) is 9.37 Å². The van der Waals surface area contributed by atoms with Crippen LogP contribution in [0, 0.1) is 11.7 Å². The average Bonchev–Trinajstić information content (AvgIpc) is 2.72. The fourth-order valence-electron chi connectivity index (χ4n) is 3.09. The first-order valence-corrected chi connectivity index (χ1v) is 8.88. The molecule has 0 bridgehead atoms. The Bertz CT molecular complexity index is 785. The van der Waals surface area contributed by atoms with Gasteiger partial charge in [-0.1, -0.05) is 6.07 Å². The van der Waals surface area contributed by atoms with Gasteiger partial charge < -0.3 is 15.0 Å². The molecule has 0 spiro atoms. The van der Waals surface area contributed by atoms with E-state index in [4.69, 9.17) is 4.74 Å². The maximum absolute atomic E-state index is 13.0. The van der Waals surface area contributed by atoms with Crippen molar-refractivity contribution in [1.29, 1.82) is 0 Å². The van der Waals surface area contributed by atoms with Crippen molar-refractivity contribution in [3.8, 4) is 5.88 Å². The Kier molecular flexibility index (Phi) is 6.01. The number of likely N-dealkylation sites (tertiary alicyclic amines) is 1. The number of nitrogens with one attached hydrogen (secondary N) is 1. The first kappa shape index (κ1) is 18.8. The number of nitrogens with zero attached hydrogens (tertiary/aromatic N) is 2. The van der Waals surface area contributed by atoms with Crippen LogP contribution in [0.25, 0.3) is 0 Å². The van der Waals surface area contributed by atoms with Gasteiger partial charge in [0.15, 0.2) is 0 Å². The van der Waals surface area contributed by atoms with Crippen LogP contribution in [-0.2, 0) is 11.3 Å². The van der Waals surface area contributed by atoms with Crippen LogP contribution in [0.4, 0.5) is 4.39 Å². The number of pyridine rings is 1. The number of carbonyl (C=O) groups excluding carboxylic acids is 2. The summed E-state index contributed by atoms with van der Waals surface area (Å²) in [5.74, 6) is -0.0939. The van der Waals surface area contributed by atoms with Gasteiger partial charge in [0, 0.05) is 43.4 Å². The monoisotopic (exact) mass is 371 g/mol. The van der Waals surface area contributed by atoms with Gasteiger partial charge in [0.2, 0.25) is 11.8 Å². The second kappa shape index (κ2) is 8.62. The van der Waals surface area contributed by atoms with Gasteiger partial charge in [-0.15, -0.1) is 0 Å². The van der Waals surface area contributed by atoms with E-state index in [1.807, 2.05) is 6.07 Å². The molecule has 27 heavy (non-hydrogen) atoms. The van der Waals surface area contributed by atoms with Crippen molar-refractivity contribution in [2.45, 2.75) is 19.4 Å². The Labute approximate surface area is 157 Å². The lowest BCUT2D eigenvalue weighted by molar-refractivity contribution is -0.126. The minimum absolute atomic E-state index is 0.0142. The normalized spacial score (nSPS) is 14.7. The quantitative estimate of drug-likeness (QED) is 0.876. The first-order chi connectivity index (χ1) is 13.1. The highest BCUT2D eigenvalue weighted by Crippen LogP contribution is 2.20. The number of piperidine rings is 1. The van der Waals surface area contributed by atoms with Crippen LogP contribution in [0.15, 0.2) is 42.6 Å². The topological polar surface area (TPSA) is 71.5 Å². The van der Waals surface area contributed by atoms with Crippen molar-refractivity contribution in [1.82, 2.24) is 15.2 Å². The molecule has 1 aromatic heterocycles. The lowest BCUT2D eigenvalue weighted by atomic mass is 9.95. The Morgan fingerprint density at radius 3 is 2.48 bits per heavy atom. The standard InChI is InChI=1S/C20H22FN3O3/c1-27-18-7-2-14(12-22-18)13-23-19(25)15-8-10-24(11-9-15)20(26)16-3-5-17(21)6-4-16/h2-7,12,15H,8-11,13H2,1H3,(H,23,25). The predicted octanol–water partition coefficient (Wildman–Crippen LogP) is 2.40. The second-order valence-electron chi connectivity index (χ2n) is 6.50. The molecule has 142 valence electrons. The number of methoxy groups -OCH3 is 1. The fraction of sp³-hybridized carbons (Fsp3) is 0.350. The summed E-state index contributed by atoms with van der Waals surface area (Å²) in [6.07, 6.45) is 2.89. The third-order valence-electron chi connectivity index (χ3n) is 4.72. The minimum atomic E-state index is -0.367. The molecule has 0 unspecified atom stereocenters. The molecule has 1 aliphatic heterocycles. The van der Waals surface area contributed by atoms with Crippen LogP contribution in [0.1, 0.15) is 28.8 Å². The summed E-state index contributed by atoms with van der Waals surface area (Å²) < 4.78 is 18.0. The zero-order valence-corrected chi connectivity index (χ0v) is 15.2. The summed E-state index contributed by atoms with van der Waals surface area (Å²) in [6.45, 7) is 1.43. The van der Waals surface area contributed by atoms with E-state index in [0.717, 1.165) is 5.56 Å². The Morgan fingerprint density at radius 2 is 1.89 bits per heavy atom. The third-order valence-corrected chi connectivity index (χ3v) is 4.72. The van der Waals surface area contributed by atoms with Crippen molar-refractivity contribution in [2.24, 2.45) is 5.92 Å². The predicted molar refractivity (Wildman–Crippen MR) is 97.7 cm³/mol. The average molecular weight is 371 g/mol. The molecule has 0 saturated carbocycles. The van der Waals surface area contributed by atoms with E-state index in [1.165, 1.54) is 24.3 Å². The number of benzene rings is 1. The number of halogens is 1. The second-order valence-corrected chi connectivity index (χ2v) is 6.50. The minimum Gasteiger partial charge on any atom is -0.481 e. The molecule has 1 N–H and O–H groups in total. The molecule has 1 fully saturated rings. The van der Waals surface area contributed by atoms with E-state index >= 15 is 0 Å². The number of hydrogen-bond donors (Lipinski definition) is 1. The number of rotatable bonds is 5. The summed E-state index contributed by atoms with van der Waals surface area (Å²) in [7, 11) is 1.55. The van der Waals surface area contributed by atoms with Gasteiger partial charge in [0.05, 0.1) is 7.11 Å². The maximum Gasteiger partial charge on any atom is 0.253 e. The van der Waals surface area contributed by atoms with E-state index in [9.17, 15) is 14.0 Å². The van der Waals surface area contributed by atoms with Crippen LogP contribution in [0.3, 0.4) is 0 Å². The van der Waals surface area contributed by atoms with E-state index in [2.05, 4.69) is 10.3 Å². The third kappa shape index (κ3) is 4.81. The van der Waals surface area contributed by atoms with Gasteiger partial charge in [-0.3, -0.25) is 9.59 Å². The maximum atomic E-state index is 13.0. The van der Waals surface area contributed by atoms with E-state index in [0.29, 0.717) is 43.9 Å². The van der Waals surface area contributed by atoms with Crippen molar-refractivity contribution < 1.29 is 18.7 Å². The van der Waals surface area contributed by atoms with Crippen molar-refractivity contribution in [3.63, 3.8) is 0 Å². The van der Waals surface area contributed by atoms with Crippen LogP contribution < -0.4 is 10.1 Å². The molecule has 2 aromatic rings. The molecule has 1 saturated heterocycles. The van der Waals surface area contributed by atoms with Crippen LogP contribution in [-0.4, -0.2) is 41.9 Å². The molecular weight excluding hydrogens is 349 g/mol. The number of hydrogen-bond acceptors (Lipinski definition) is 4. The molecule has 0 radical (unpaired) electrons. The van der Waals surface area contributed by atoms with E-state index in [-0.39, 0.29) is 23.5 Å². The van der Waals surface area contributed by atoms with Gasteiger partial charge in [-0.05, 0) is 42.7 Å². The van der Waals surface area contributed by atoms with Crippen molar-refractivity contribution in [2.75, 3.05) is 20.2 Å². The van der Waals surface area contributed by atoms with E-state index in [1.54, 1.807) is 24.3 Å². The summed E-state index contributed by atoms with van der Waals surface area (Å²) in [5.41, 5.74) is 1.36. The highest BCUT2D eigenvalue weighted by molar-refractivity contribution is 5.94.